The summed E-state index contributed by atoms with van der Waals surface area (Å²) in [5.41, 5.74) is 13.2. The third-order valence-corrected chi connectivity index (χ3v) is 7.40. The number of aryl methyl sites for hydroxylation is 1. The Hall–Kier alpha value is -3.71. The lowest BCUT2D eigenvalue weighted by molar-refractivity contribution is -0.0788. The third-order valence-electron chi connectivity index (χ3n) is 7.40. The lowest BCUT2D eigenvalue weighted by Crippen LogP contribution is -2.26. The maximum atomic E-state index is 12.6. The average Bonchev–Trinajstić information content (AvgIpc) is 3.30. The molecule has 3 aromatic carbocycles. The number of ether oxygens (including phenoxy) is 1. The molecule has 3 aromatic rings. The van der Waals surface area contributed by atoms with Crippen LogP contribution in [0.1, 0.15) is 58.3 Å². The Morgan fingerprint density at radius 2 is 1.76 bits per heavy atom. The fourth-order valence-corrected chi connectivity index (χ4v) is 5.53. The molecule has 38 heavy (non-hydrogen) atoms. The molecule has 2 N–H and O–H groups in total. The topological polar surface area (TPSA) is 64.8 Å². The third kappa shape index (κ3) is 5.73. The second-order valence-electron chi connectivity index (χ2n) is 9.96. The maximum absolute atomic E-state index is 12.6. The van der Waals surface area contributed by atoms with Gasteiger partial charge in [-0.25, -0.2) is 9.74 Å². The molecule has 0 aromatic heterocycles. The molecule has 7 heteroatoms. The van der Waals surface area contributed by atoms with Crippen LogP contribution in [0.15, 0.2) is 66.7 Å². The fraction of sp³-hybridized carbons (Fsp3) is 0.323. The van der Waals surface area contributed by atoms with Gasteiger partial charge in [-0.15, -0.1) is 0 Å². The molecule has 1 aliphatic carbocycles. The van der Waals surface area contributed by atoms with Crippen LogP contribution in [0.4, 0.5) is 14.6 Å². The van der Waals surface area contributed by atoms with Gasteiger partial charge in [0.05, 0.1) is 12.2 Å². The highest BCUT2D eigenvalue weighted by atomic mass is 19.3. The number of likely N-dealkylation sites (tertiary alicyclic amines) is 1. The van der Waals surface area contributed by atoms with Crippen LogP contribution in [0.3, 0.4) is 0 Å². The van der Waals surface area contributed by atoms with Gasteiger partial charge in [0.25, 0.3) is 0 Å². The number of anilines is 1. The predicted octanol–water partition coefficient (Wildman–Crippen LogP) is 6.42. The zero-order valence-corrected chi connectivity index (χ0v) is 21.3. The summed E-state index contributed by atoms with van der Waals surface area (Å²) < 4.78 is 31.4. The van der Waals surface area contributed by atoms with Gasteiger partial charge in [0, 0.05) is 29.8 Å². The summed E-state index contributed by atoms with van der Waals surface area (Å²) in [4.78, 5) is 17.6. The number of alkyl halides is 1. The van der Waals surface area contributed by atoms with Crippen LogP contribution in [0, 0.1) is 0 Å². The molecule has 0 saturated carbocycles. The number of hydrogen-bond acceptors (Lipinski definition) is 5. The number of hydrogen-bond donors (Lipinski definition) is 1. The largest absolute Gasteiger partial charge is 0.489 e. The highest BCUT2D eigenvalue weighted by Gasteiger charge is 2.25. The molecule has 1 aliphatic heterocycles. The van der Waals surface area contributed by atoms with Crippen molar-refractivity contribution in [3.05, 3.63) is 94.5 Å². The zero-order valence-electron chi connectivity index (χ0n) is 21.3. The number of fused-ring (bicyclic) bond motifs is 1. The Morgan fingerprint density at radius 3 is 2.50 bits per heavy atom. The van der Waals surface area contributed by atoms with Crippen LogP contribution in [0.2, 0.25) is 0 Å². The minimum Gasteiger partial charge on any atom is -0.489 e. The van der Waals surface area contributed by atoms with Crippen LogP contribution in [0.25, 0.3) is 11.1 Å². The van der Waals surface area contributed by atoms with Gasteiger partial charge >= 0.3 is 5.97 Å². The first-order valence-electron chi connectivity index (χ1n) is 13.2. The molecule has 0 amide bonds. The van der Waals surface area contributed by atoms with E-state index < -0.39 is 5.97 Å². The monoisotopic (exact) mass is 518 g/mol. The number of carbonyl (C=O) groups is 1. The molecular weight excluding hydrogens is 486 g/mol. The Balaban J connectivity index is 1.48. The van der Waals surface area contributed by atoms with E-state index in [0.29, 0.717) is 12.1 Å². The van der Waals surface area contributed by atoms with Crippen molar-refractivity contribution in [2.45, 2.75) is 38.2 Å². The van der Waals surface area contributed by atoms with Crippen molar-refractivity contribution >= 4 is 22.8 Å². The Kier molecular flexibility index (Phi) is 8.03. The SMILES string of the molecule is Nc1ccc(C2=C(c3ccc(O[C@H]4CCN(CCCF)C4)cc3)c3ccc(C(=O)OF)cc3CCC2)cc1. The van der Waals surface area contributed by atoms with Crippen molar-refractivity contribution in [3.63, 3.8) is 0 Å². The summed E-state index contributed by atoms with van der Waals surface area (Å²) in [5.74, 6) is -0.186. The van der Waals surface area contributed by atoms with E-state index in [4.69, 9.17) is 10.5 Å². The molecule has 5 nitrogen and oxygen atoms in total. The van der Waals surface area contributed by atoms with E-state index in [1.807, 2.05) is 42.5 Å². The zero-order chi connectivity index (χ0) is 26.5. The van der Waals surface area contributed by atoms with Gasteiger partial charge in [-0.05, 0) is 102 Å². The average molecular weight is 519 g/mol. The quantitative estimate of drug-likeness (QED) is 0.349. The van der Waals surface area contributed by atoms with E-state index in [1.54, 1.807) is 12.1 Å². The summed E-state index contributed by atoms with van der Waals surface area (Å²) >= 11 is 0. The molecule has 0 spiro atoms. The molecule has 198 valence electrons. The molecule has 0 radical (unpaired) electrons. The van der Waals surface area contributed by atoms with Gasteiger partial charge in [-0.3, -0.25) is 9.29 Å². The molecule has 2 aliphatic rings. The first kappa shape index (κ1) is 25.9. The standard InChI is InChI=1S/C31H32F2N2O3/c32-16-2-17-35-18-15-27(20-35)37-26-12-7-22(8-13-26)30-28(21-5-10-25(34)11-6-21)4-1-3-23-19-24(31(36)38-33)9-14-29(23)30/h5-14,19,27H,1-4,15-18,20,34H2/t27-/m0/s1. The molecule has 1 atom stereocenters. The smallest absolute Gasteiger partial charge is 0.379 e. The van der Waals surface area contributed by atoms with E-state index in [-0.39, 0.29) is 18.3 Å². The fourth-order valence-electron chi connectivity index (χ4n) is 5.53. The van der Waals surface area contributed by atoms with E-state index in [2.05, 4.69) is 22.0 Å². The summed E-state index contributed by atoms with van der Waals surface area (Å²) in [6.07, 6.45) is 4.06. The lowest BCUT2D eigenvalue weighted by Gasteiger charge is -2.19. The number of nitrogens with zero attached hydrogens (tertiary/aromatic N) is 1. The number of carbonyl (C=O) groups excluding carboxylic acids is 1. The van der Waals surface area contributed by atoms with E-state index >= 15 is 0 Å². The number of halogens is 2. The van der Waals surface area contributed by atoms with Crippen molar-refractivity contribution in [3.8, 4) is 5.75 Å². The summed E-state index contributed by atoms with van der Waals surface area (Å²) in [6, 6.07) is 21.2. The normalized spacial score (nSPS) is 17.7. The molecule has 0 unspecified atom stereocenters. The van der Waals surface area contributed by atoms with Crippen molar-refractivity contribution in [2.24, 2.45) is 0 Å². The number of allylic oxidation sites excluding steroid dienone is 1. The van der Waals surface area contributed by atoms with E-state index in [1.165, 1.54) is 5.57 Å². The molecule has 1 saturated heterocycles. The van der Waals surface area contributed by atoms with Crippen LogP contribution < -0.4 is 10.5 Å². The number of rotatable bonds is 8. The molecule has 1 fully saturated rings. The highest BCUT2D eigenvalue weighted by molar-refractivity contribution is 6.01. The Bertz CT molecular complexity index is 1310. The summed E-state index contributed by atoms with van der Waals surface area (Å²) in [6.45, 7) is 2.21. The van der Waals surface area contributed by atoms with Gasteiger partial charge < -0.3 is 10.5 Å². The van der Waals surface area contributed by atoms with Crippen molar-refractivity contribution < 1.29 is 23.4 Å². The second kappa shape index (κ2) is 11.8. The van der Waals surface area contributed by atoms with Crippen molar-refractivity contribution in [1.29, 1.82) is 0 Å². The Morgan fingerprint density at radius 1 is 1.00 bits per heavy atom. The Labute approximate surface area is 221 Å². The molecule has 1 heterocycles. The summed E-state index contributed by atoms with van der Waals surface area (Å²) in [7, 11) is 0. The van der Waals surface area contributed by atoms with Crippen molar-refractivity contribution in [2.75, 3.05) is 32.0 Å². The van der Waals surface area contributed by atoms with Gasteiger partial charge in [0.1, 0.15) is 11.9 Å². The van der Waals surface area contributed by atoms with Gasteiger partial charge in [0.2, 0.25) is 0 Å². The van der Waals surface area contributed by atoms with E-state index in [0.717, 1.165) is 78.9 Å². The lowest BCUT2D eigenvalue weighted by atomic mass is 9.87. The number of nitrogen functional groups attached to an aromatic ring is 1. The molecule has 0 bridgehead atoms. The predicted molar refractivity (Wildman–Crippen MR) is 145 cm³/mol. The number of nitrogens with two attached hydrogens (primary N) is 1. The van der Waals surface area contributed by atoms with Crippen molar-refractivity contribution in [1.82, 2.24) is 4.90 Å². The maximum Gasteiger partial charge on any atom is 0.379 e. The minimum atomic E-state index is -0.988. The minimum absolute atomic E-state index is 0.0947. The van der Waals surface area contributed by atoms with Crippen LogP contribution in [-0.2, 0) is 11.4 Å². The van der Waals surface area contributed by atoms with E-state index in [9.17, 15) is 13.7 Å². The number of benzene rings is 3. The first-order chi connectivity index (χ1) is 18.6. The first-order valence-corrected chi connectivity index (χ1v) is 13.2. The van der Waals surface area contributed by atoms with Crippen LogP contribution in [-0.4, -0.2) is 43.3 Å². The van der Waals surface area contributed by atoms with Gasteiger partial charge in [0.15, 0.2) is 0 Å². The molecule has 5 rings (SSSR count). The van der Waals surface area contributed by atoms with Crippen LogP contribution >= 0.6 is 0 Å². The van der Waals surface area contributed by atoms with Gasteiger partial charge in [-0.1, -0.05) is 30.3 Å². The highest BCUT2D eigenvalue weighted by Crippen LogP contribution is 2.40. The van der Waals surface area contributed by atoms with Gasteiger partial charge in [-0.2, -0.15) is 0 Å². The summed E-state index contributed by atoms with van der Waals surface area (Å²) in [5, 5.41) is 0. The molecular formula is C31H32F2N2O3. The van der Waals surface area contributed by atoms with Crippen LogP contribution in [0.5, 0.6) is 5.75 Å². The second-order valence-corrected chi connectivity index (χ2v) is 9.96.